The van der Waals surface area contributed by atoms with Crippen molar-refractivity contribution in [1.82, 2.24) is 9.80 Å². The lowest BCUT2D eigenvalue weighted by Gasteiger charge is -2.35. The number of nitrogens with two attached hydrogens (primary N) is 1. The van der Waals surface area contributed by atoms with Crippen molar-refractivity contribution < 1.29 is 9.53 Å². The molecule has 0 aromatic heterocycles. The minimum Gasteiger partial charge on any atom is -0.378 e. The number of hydrogen-bond donors (Lipinski definition) is 1. The summed E-state index contributed by atoms with van der Waals surface area (Å²) in [5, 5.41) is 0. The summed E-state index contributed by atoms with van der Waals surface area (Å²) in [4.78, 5) is 16.8. The number of carbonyl (C=O) groups is 1. The number of carbonyl (C=O) groups excluding carboxylic acids is 1. The van der Waals surface area contributed by atoms with Crippen molar-refractivity contribution in [2.24, 2.45) is 5.73 Å². The molecule has 2 rings (SSSR count). The van der Waals surface area contributed by atoms with Crippen LogP contribution < -0.4 is 5.73 Å². The van der Waals surface area contributed by atoms with Gasteiger partial charge in [-0.2, -0.15) is 0 Å². The van der Waals surface area contributed by atoms with Crippen LogP contribution >= 0.6 is 0 Å². The standard InChI is InChI=1S/C16H31N3O2/c17-7-3-1-4-8-18-9-11-19(12-10-18)16(20)14-15-6-2-5-13-21-15/h15H,1-14,17H2. The molecule has 5 nitrogen and oxygen atoms in total. The van der Waals surface area contributed by atoms with E-state index in [9.17, 15) is 4.79 Å². The van der Waals surface area contributed by atoms with Gasteiger partial charge in [-0.25, -0.2) is 0 Å². The molecule has 2 aliphatic heterocycles. The first-order chi connectivity index (χ1) is 10.3. The van der Waals surface area contributed by atoms with Gasteiger partial charge in [-0.3, -0.25) is 9.69 Å². The lowest BCUT2D eigenvalue weighted by molar-refractivity contribution is -0.136. The number of ether oxygens (including phenoxy) is 1. The van der Waals surface area contributed by atoms with E-state index in [1.54, 1.807) is 0 Å². The molecule has 2 N–H and O–H groups in total. The Morgan fingerprint density at radius 1 is 1.10 bits per heavy atom. The van der Waals surface area contributed by atoms with E-state index in [2.05, 4.69) is 4.90 Å². The third-order valence-electron chi connectivity index (χ3n) is 4.58. The quantitative estimate of drug-likeness (QED) is 0.718. The maximum atomic E-state index is 12.3. The molecular formula is C16H31N3O2. The number of unbranched alkanes of at least 4 members (excludes halogenated alkanes) is 2. The van der Waals surface area contributed by atoms with E-state index in [1.165, 1.54) is 19.3 Å². The molecule has 0 aliphatic carbocycles. The Morgan fingerprint density at radius 3 is 2.57 bits per heavy atom. The Hall–Kier alpha value is -0.650. The summed E-state index contributed by atoms with van der Waals surface area (Å²) in [5.74, 6) is 0.282. The van der Waals surface area contributed by atoms with E-state index >= 15 is 0 Å². The van der Waals surface area contributed by atoms with Crippen LogP contribution in [0.15, 0.2) is 0 Å². The zero-order valence-electron chi connectivity index (χ0n) is 13.3. The summed E-state index contributed by atoms with van der Waals surface area (Å²) < 4.78 is 5.67. The van der Waals surface area contributed by atoms with Crippen LogP contribution in [-0.2, 0) is 9.53 Å². The number of rotatable bonds is 7. The molecule has 0 saturated carbocycles. The van der Waals surface area contributed by atoms with Gasteiger partial charge in [0.15, 0.2) is 0 Å². The molecule has 21 heavy (non-hydrogen) atoms. The van der Waals surface area contributed by atoms with E-state index in [1.807, 2.05) is 4.90 Å². The van der Waals surface area contributed by atoms with Crippen molar-refractivity contribution in [2.75, 3.05) is 45.9 Å². The van der Waals surface area contributed by atoms with Gasteiger partial charge in [0.2, 0.25) is 5.91 Å². The first kappa shape index (κ1) is 16.7. The Bertz CT molecular complexity index is 298. The van der Waals surface area contributed by atoms with Crippen LogP contribution in [0.1, 0.15) is 44.9 Å². The Labute approximate surface area is 128 Å². The Kier molecular flexibility index (Phi) is 7.47. The molecule has 1 atom stereocenters. The Balaban J connectivity index is 1.60. The van der Waals surface area contributed by atoms with Crippen molar-refractivity contribution in [3.8, 4) is 0 Å². The normalized spacial score (nSPS) is 24.2. The van der Waals surface area contributed by atoms with Crippen molar-refractivity contribution >= 4 is 5.91 Å². The van der Waals surface area contributed by atoms with Gasteiger partial charge in [-0.15, -0.1) is 0 Å². The lowest BCUT2D eigenvalue weighted by atomic mass is 10.1. The van der Waals surface area contributed by atoms with Crippen LogP contribution in [0.3, 0.4) is 0 Å². The van der Waals surface area contributed by atoms with Crippen molar-refractivity contribution in [2.45, 2.75) is 51.0 Å². The van der Waals surface area contributed by atoms with Crippen LogP contribution in [-0.4, -0.2) is 67.7 Å². The van der Waals surface area contributed by atoms with Crippen LogP contribution in [0.25, 0.3) is 0 Å². The van der Waals surface area contributed by atoms with Crippen molar-refractivity contribution in [1.29, 1.82) is 0 Å². The molecule has 2 saturated heterocycles. The highest BCUT2D eigenvalue weighted by atomic mass is 16.5. The predicted octanol–water partition coefficient (Wildman–Crippen LogP) is 1.22. The molecule has 1 unspecified atom stereocenters. The average molecular weight is 297 g/mol. The highest BCUT2D eigenvalue weighted by molar-refractivity contribution is 5.76. The molecule has 0 aromatic carbocycles. The van der Waals surface area contributed by atoms with E-state index < -0.39 is 0 Å². The fourth-order valence-corrected chi connectivity index (χ4v) is 3.17. The smallest absolute Gasteiger partial charge is 0.225 e. The largest absolute Gasteiger partial charge is 0.378 e. The summed E-state index contributed by atoms with van der Waals surface area (Å²) in [7, 11) is 0. The maximum Gasteiger partial charge on any atom is 0.225 e. The van der Waals surface area contributed by atoms with Gasteiger partial charge in [0.25, 0.3) is 0 Å². The molecule has 0 radical (unpaired) electrons. The zero-order valence-corrected chi connectivity index (χ0v) is 13.3. The molecular weight excluding hydrogens is 266 g/mol. The van der Waals surface area contributed by atoms with E-state index in [4.69, 9.17) is 10.5 Å². The van der Waals surface area contributed by atoms with Crippen molar-refractivity contribution in [3.63, 3.8) is 0 Å². The van der Waals surface area contributed by atoms with E-state index in [0.29, 0.717) is 6.42 Å². The van der Waals surface area contributed by atoms with Gasteiger partial charge in [0.05, 0.1) is 12.5 Å². The fourth-order valence-electron chi connectivity index (χ4n) is 3.17. The summed E-state index contributed by atoms with van der Waals surface area (Å²) in [6, 6.07) is 0. The second-order valence-electron chi connectivity index (χ2n) is 6.26. The summed E-state index contributed by atoms with van der Waals surface area (Å²) in [6.45, 7) is 6.55. The fraction of sp³-hybridized carbons (Fsp3) is 0.938. The van der Waals surface area contributed by atoms with Gasteiger partial charge >= 0.3 is 0 Å². The van der Waals surface area contributed by atoms with Crippen LogP contribution in [0.5, 0.6) is 0 Å². The van der Waals surface area contributed by atoms with Crippen molar-refractivity contribution in [3.05, 3.63) is 0 Å². The monoisotopic (exact) mass is 297 g/mol. The predicted molar refractivity (Wildman–Crippen MR) is 84.1 cm³/mol. The first-order valence-electron chi connectivity index (χ1n) is 8.61. The van der Waals surface area contributed by atoms with Crippen LogP contribution in [0.4, 0.5) is 0 Å². The van der Waals surface area contributed by atoms with Crippen LogP contribution in [0, 0.1) is 0 Å². The zero-order chi connectivity index (χ0) is 14.9. The molecule has 0 aromatic rings. The Morgan fingerprint density at radius 2 is 1.90 bits per heavy atom. The maximum absolute atomic E-state index is 12.3. The third kappa shape index (κ3) is 5.93. The minimum absolute atomic E-state index is 0.167. The summed E-state index contributed by atoms with van der Waals surface area (Å²) in [6.07, 6.45) is 7.71. The minimum atomic E-state index is 0.167. The summed E-state index contributed by atoms with van der Waals surface area (Å²) >= 11 is 0. The van der Waals surface area contributed by atoms with Gasteiger partial charge in [0.1, 0.15) is 0 Å². The number of nitrogens with zero attached hydrogens (tertiary/aromatic N) is 2. The lowest BCUT2D eigenvalue weighted by Crippen LogP contribution is -2.49. The first-order valence-corrected chi connectivity index (χ1v) is 8.61. The summed E-state index contributed by atoms with van der Waals surface area (Å²) in [5.41, 5.74) is 5.51. The molecule has 122 valence electrons. The molecule has 0 bridgehead atoms. The second kappa shape index (κ2) is 9.38. The van der Waals surface area contributed by atoms with Gasteiger partial charge in [0, 0.05) is 32.8 Å². The highest BCUT2D eigenvalue weighted by Crippen LogP contribution is 2.17. The molecule has 2 aliphatic rings. The third-order valence-corrected chi connectivity index (χ3v) is 4.58. The number of piperazine rings is 1. The van der Waals surface area contributed by atoms with E-state index in [-0.39, 0.29) is 12.0 Å². The highest BCUT2D eigenvalue weighted by Gasteiger charge is 2.24. The number of amides is 1. The van der Waals surface area contributed by atoms with Gasteiger partial charge in [-0.1, -0.05) is 6.42 Å². The molecule has 2 fully saturated rings. The SMILES string of the molecule is NCCCCCN1CCN(C(=O)CC2CCCCO2)CC1. The molecule has 1 amide bonds. The molecule has 5 heteroatoms. The molecule has 2 heterocycles. The van der Waals surface area contributed by atoms with Crippen LogP contribution in [0.2, 0.25) is 0 Å². The number of hydrogen-bond acceptors (Lipinski definition) is 4. The van der Waals surface area contributed by atoms with Gasteiger partial charge in [-0.05, 0) is 45.2 Å². The topological polar surface area (TPSA) is 58.8 Å². The van der Waals surface area contributed by atoms with E-state index in [0.717, 1.165) is 65.1 Å². The second-order valence-corrected chi connectivity index (χ2v) is 6.26. The van der Waals surface area contributed by atoms with Gasteiger partial charge < -0.3 is 15.4 Å². The molecule has 0 spiro atoms. The average Bonchev–Trinajstić information content (AvgIpc) is 2.53.